The number of amides is 1. The van der Waals surface area contributed by atoms with Crippen molar-refractivity contribution in [2.24, 2.45) is 0 Å². The van der Waals surface area contributed by atoms with Crippen LogP contribution in [0.1, 0.15) is 22.5 Å². The number of nitrogens with zero attached hydrogens (tertiary/aromatic N) is 2. The first-order chi connectivity index (χ1) is 10.1. The van der Waals surface area contributed by atoms with E-state index in [2.05, 4.69) is 26.2 Å². The van der Waals surface area contributed by atoms with Gasteiger partial charge in [0, 0.05) is 35.2 Å². The van der Waals surface area contributed by atoms with E-state index in [0.29, 0.717) is 0 Å². The van der Waals surface area contributed by atoms with Crippen LogP contribution >= 0.6 is 40.7 Å². The Bertz CT molecular complexity index is 700. The number of hydrogen-bond donors (Lipinski definition) is 1. The standard InChI is InChI=1S/C16H18BrN3O.2ClH/c1-10-7-14(13-4-3-11(17)8-15(13)19-10)16(21)20(2)12-5-6-18-9-12;;/h3-4,7-8,12,18H,5-6,9H2,1-2H3;2*1H. The number of carbonyl (C=O) groups is 1. The van der Waals surface area contributed by atoms with Crippen LogP contribution in [-0.4, -0.2) is 42.0 Å². The Hall–Kier alpha value is -0.880. The summed E-state index contributed by atoms with van der Waals surface area (Å²) in [5.41, 5.74) is 2.45. The van der Waals surface area contributed by atoms with Crippen molar-refractivity contribution in [2.45, 2.75) is 19.4 Å². The number of carbonyl (C=O) groups excluding carboxylic acids is 1. The number of hydrogen-bond acceptors (Lipinski definition) is 3. The number of rotatable bonds is 2. The molecule has 2 heterocycles. The highest BCUT2D eigenvalue weighted by atomic mass is 79.9. The van der Waals surface area contributed by atoms with E-state index in [9.17, 15) is 4.79 Å². The van der Waals surface area contributed by atoms with Gasteiger partial charge >= 0.3 is 0 Å². The van der Waals surface area contributed by atoms with E-state index in [1.165, 1.54) is 0 Å². The summed E-state index contributed by atoms with van der Waals surface area (Å²) >= 11 is 3.46. The predicted molar refractivity (Wildman–Crippen MR) is 102 cm³/mol. The summed E-state index contributed by atoms with van der Waals surface area (Å²) in [4.78, 5) is 19.2. The quantitative estimate of drug-likeness (QED) is 0.807. The Kier molecular flexibility index (Phi) is 7.27. The lowest BCUT2D eigenvalue weighted by Crippen LogP contribution is -2.38. The second-order valence-corrected chi connectivity index (χ2v) is 6.45. The molecule has 1 atom stereocenters. The number of aryl methyl sites for hydroxylation is 1. The molecule has 1 N–H and O–H groups in total. The molecule has 1 saturated heterocycles. The maximum Gasteiger partial charge on any atom is 0.254 e. The molecule has 2 aromatic rings. The normalized spacial score (nSPS) is 16.6. The van der Waals surface area contributed by atoms with Crippen molar-refractivity contribution in [1.29, 1.82) is 0 Å². The van der Waals surface area contributed by atoms with E-state index in [1.807, 2.05) is 43.1 Å². The topological polar surface area (TPSA) is 45.2 Å². The van der Waals surface area contributed by atoms with Crippen molar-refractivity contribution < 1.29 is 4.79 Å². The van der Waals surface area contributed by atoms with Crippen LogP contribution in [-0.2, 0) is 0 Å². The molecule has 126 valence electrons. The summed E-state index contributed by atoms with van der Waals surface area (Å²) in [7, 11) is 1.89. The predicted octanol–water partition coefficient (Wildman–Crippen LogP) is 3.58. The second kappa shape index (κ2) is 8.29. The van der Waals surface area contributed by atoms with Crippen LogP contribution in [0, 0.1) is 6.92 Å². The minimum Gasteiger partial charge on any atom is -0.337 e. The number of fused-ring (bicyclic) bond motifs is 1. The molecule has 3 rings (SSSR count). The van der Waals surface area contributed by atoms with Gasteiger partial charge < -0.3 is 10.2 Å². The Labute approximate surface area is 157 Å². The molecular weight excluding hydrogens is 401 g/mol. The van der Waals surface area contributed by atoms with Crippen LogP contribution in [0.5, 0.6) is 0 Å². The van der Waals surface area contributed by atoms with Gasteiger partial charge in [-0.3, -0.25) is 9.78 Å². The number of likely N-dealkylation sites (N-methyl/N-ethyl adjacent to an activating group) is 1. The lowest BCUT2D eigenvalue weighted by molar-refractivity contribution is 0.0745. The Morgan fingerprint density at radius 2 is 2.09 bits per heavy atom. The molecule has 1 aliphatic heterocycles. The molecule has 1 aliphatic rings. The van der Waals surface area contributed by atoms with Gasteiger partial charge in [-0.05, 0) is 38.1 Å². The van der Waals surface area contributed by atoms with Crippen LogP contribution in [0.3, 0.4) is 0 Å². The lowest BCUT2D eigenvalue weighted by Gasteiger charge is -2.24. The third kappa shape index (κ3) is 4.15. The lowest BCUT2D eigenvalue weighted by atomic mass is 10.1. The van der Waals surface area contributed by atoms with Gasteiger partial charge in [0.05, 0.1) is 11.1 Å². The van der Waals surface area contributed by atoms with Gasteiger partial charge in [0.15, 0.2) is 0 Å². The minimum atomic E-state index is 0. The molecule has 0 bridgehead atoms. The molecule has 1 aromatic heterocycles. The van der Waals surface area contributed by atoms with Crippen molar-refractivity contribution in [2.75, 3.05) is 20.1 Å². The van der Waals surface area contributed by atoms with Crippen molar-refractivity contribution in [3.63, 3.8) is 0 Å². The summed E-state index contributed by atoms with van der Waals surface area (Å²) in [6, 6.07) is 8.03. The number of pyridine rings is 1. The Morgan fingerprint density at radius 1 is 1.35 bits per heavy atom. The van der Waals surface area contributed by atoms with Crippen LogP contribution in [0.25, 0.3) is 10.9 Å². The highest BCUT2D eigenvalue weighted by Gasteiger charge is 2.25. The molecule has 1 aromatic carbocycles. The minimum absolute atomic E-state index is 0. The van der Waals surface area contributed by atoms with Crippen molar-refractivity contribution in [3.8, 4) is 0 Å². The molecule has 1 unspecified atom stereocenters. The van der Waals surface area contributed by atoms with Crippen LogP contribution < -0.4 is 5.32 Å². The van der Waals surface area contributed by atoms with E-state index >= 15 is 0 Å². The number of aromatic nitrogens is 1. The third-order valence-electron chi connectivity index (χ3n) is 4.03. The molecule has 23 heavy (non-hydrogen) atoms. The average Bonchev–Trinajstić information content (AvgIpc) is 2.98. The van der Waals surface area contributed by atoms with E-state index in [-0.39, 0.29) is 36.8 Å². The van der Waals surface area contributed by atoms with Gasteiger partial charge in [-0.1, -0.05) is 22.0 Å². The summed E-state index contributed by atoms with van der Waals surface area (Å²) in [6.07, 6.45) is 1.01. The first kappa shape index (κ1) is 20.2. The highest BCUT2D eigenvalue weighted by molar-refractivity contribution is 9.10. The molecule has 1 amide bonds. The van der Waals surface area contributed by atoms with Crippen LogP contribution in [0.2, 0.25) is 0 Å². The van der Waals surface area contributed by atoms with E-state index in [4.69, 9.17) is 0 Å². The van der Waals surface area contributed by atoms with Crippen LogP contribution in [0.4, 0.5) is 0 Å². The zero-order valence-electron chi connectivity index (χ0n) is 13.0. The molecule has 0 saturated carbocycles. The van der Waals surface area contributed by atoms with Gasteiger partial charge in [-0.25, -0.2) is 0 Å². The summed E-state index contributed by atoms with van der Waals surface area (Å²) in [5, 5.41) is 4.21. The molecule has 0 radical (unpaired) electrons. The Balaban J connectivity index is 0.00000132. The van der Waals surface area contributed by atoms with Crippen molar-refractivity contribution in [3.05, 3.63) is 40.0 Å². The van der Waals surface area contributed by atoms with Gasteiger partial charge in [0.2, 0.25) is 0 Å². The van der Waals surface area contributed by atoms with E-state index in [1.54, 1.807) is 0 Å². The fraction of sp³-hybridized carbons (Fsp3) is 0.375. The van der Waals surface area contributed by atoms with Gasteiger partial charge in [0.1, 0.15) is 0 Å². The molecule has 0 spiro atoms. The maximum atomic E-state index is 12.8. The first-order valence-corrected chi connectivity index (χ1v) is 7.90. The average molecular weight is 421 g/mol. The van der Waals surface area contributed by atoms with Crippen molar-refractivity contribution in [1.82, 2.24) is 15.2 Å². The molecular formula is C16H20BrCl2N3O. The SMILES string of the molecule is Cc1cc(C(=O)N(C)C2CCNC2)c2ccc(Br)cc2n1.Cl.Cl. The largest absolute Gasteiger partial charge is 0.337 e. The number of nitrogens with one attached hydrogen (secondary N) is 1. The summed E-state index contributed by atoms with van der Waals surface area (Å²) in [6.45, 7) is 3.77. The molecule has 0 aliphatic carbocycles. The van der Waals surface area contributed by atoms with Gasteiger partial charge in [-0.2, -0.15) is 0 Å². The summed E-state index contributed by atoms with van der Waals surface area (Å²) in [5.74, 6) is 0.0709. The number of halogens is 3. The van der Waals surface area contributed by atoms with Crippen LogP contribution in [0.15, 0.2) is 28.7 Å². The summed E-state index contributed by atoms with van der Waals surface area (Å²) < 4.78 is 0.972. The third-order valence-corrected chi connectivity index (χ3v) is 4.53. The monoisotopic (exact) mass is 419 g/mol. The van der Waals surface area contributed by atoms with E-state index < -0.39 is 0 Å². The second-order valence-electron chi connectivity index (χ2n) is 5.54. The number of benzene rings is 1. The fourth-order valence-electron chi connectivity index (χ4n) is 2.84. The highest BCUT2D eigenvalue weighted by Crippen LogP contribution is 2.24. The van der Waals surface area contributed by atoms with E-state index in [0.717, 1.165) is 46.1 Å². The fourth-order valence-corrected chi connectivity index (χ4v) is 3.19. The smallest absolute Gasteiger partial charge is 0.254 e. The first-order valence-electron chi connectivity index (χ1n) is 7.11. The van der Waals surface area contributed by atoms with Crippen molar-refractivity contribution >= 4 is 57.6 Å². The molecule has 7 heteroatoms. The maximum absolute atomic E-state index is 12.8. The molecule has 1 fully saturated rings. The molecule has 4 nitrogen and oxygen atoms in total. The van der Waals surface area contributed by atoms with Gasteiger partial charge in [0.25, 0.3) is 5.91 Å². The zero-order valence-corrected chi connectivity index (χ0v) is 16.2. The zero-order chi connectivity index (χ0) is 15.0. The van der Waals surface area contributed by atoms with Gasteiger partial charge in [-0.15, -0.1) is 24.8 Å². The Morgan fingerprint density at radius 3 is 2.74 bits per heavy atom.